The van der Waals surface area contributed by atoms with E-state index in [1.165, 1.54) is 24.8 Å². The Morgan fingerprint density at radius 3 is 2.88 bits per heavy atom. The first-order valence-electron chi connectivity index (χ1n) is 9.56. The molecule has 0 radical (unpaired) electrons. The lowest BCUT2D eigenvalue weighted by Gasteiger charge is -2.34. The van der Waals surface area contributed by atoms with Crippen molar-refractivity contribution >= 4 is 6.09 Å². The average molecular weight is 345 g/mol. The molecule has 25 heavy (non-hydrogen) atoms. The van der Waals surface area contributed by atoms with Gasteiger partial charge in [0.2, 0.25) is 0 Å². The molecule has 3 atom stereocenters. The first-order chi connectivity index (χ1) is 11.9. The Hall–Kier alpha value is -1.62. The van der Waals surface area contributed by atoms with E-state index < -0.39 is 5.60 Å². The molecule has 2 heterocycles. The molecule has 0 aromatic carbocycles. The van der Waals surface area contributed by atoms with Gasteiger partial charge in [0.15, 0.2) is 0 Å². The Labute approximate surface area is 151 Å². The van der Waals surface area contributed by atoms with Gasteiger partial charge in [-0.1, -0.05) is 12.5 Å². The molecule has 1 aromatic heterocycles. The van der Waals surface area contributed by atoms with Crippen LogP contribution in [-0.2, 0) is 11.3 Å². The number of hydrogen-bond donors (Lipinski definition) is 1. The van der Waals surface area contributed by atoms with Crippen molar-refractivity contribution in [3.8, 4) is 0 Å². The third-order valence-corrected chi connectivity index (χ3v) is 5.28. The summed E-state index contributed by atoms with van der Waals surface area (Å²) in [7, 11) is 0. The van der Waals surface area contributed by atoms with E-state index in [-0.39, 0.29) is 6.09 Å². The van der Waals surface area contributed by atoms with Crippen LogP contribution < -0.4 is 5.32 Å². The third kappa shape index (κ3) is 4.72. The first kappa shape index (κ1) is 18.2. The molecule has 2 aliphatic rings. The second-order valence-electron chi connectivity index (χ2n) is 8.33. The van der Waals surface area contributed by atoms with Gasteiger partial charge in [0, 0.05) is 37.6 Å². The van der Waals surface area contributed by atoms with Gasteiger partial charge in [0.1, 0.15) is 5.60 Å². The SMILES string of the molecule is CC(C)(C)OC(=O)N1CCCC1C1CCCC1NCc1cccnc1. The predicted octanol–water partition coefficient (Wildman–Crippen LogP) is 3.74. The first-order valence-corrected chi connectivity index (χ1v) is 9.56. The van der Waals surface area contributed by atoms with Crippen LogP contribution in [0.4, 0.5) is 4.79 Å². The molecule has 1 saturated carbocycles. The van der Waals surface area contributed by atoms with Crippen molar-refractivity contribution in [2.45, 2.75) is 77.1 Å². The van der Waals surface area contributed by atoms with Gasteiger partial charge in [-0.3, -0.25) is 4.98 Å². The van der Waals surface area contributed by atoms with E-state index in [1.807, 2.05) is 37.9 Å². The van der Waals surface area contributed by atoms with Crippen LogP contribution in [0.5, 0.6) is 0 Å². The number of aromatic nitrogens is 1. The fourth-order valence-corrected chi connectivity index (χ4v) is 4.24. The van der Waals surface area contributed by atoms with E-state index in [1.54, 1.807) is 6.20 Å². The summed E-state index contributed by atoms with van der Waals surface area (Å²) in [5.74, 6) is 0.520. The van der Waals surface area contributed by atoms with E-state index in [9.17, 15) is 4.79 Å². The number of rotatable bonds is 4. The summed E-state index contributed by atoms with van der Waals surface area (Å²) in [5, 5.41) is 3.71. The van der Waals surface area contributed by atoms with Crippen LogP contribution in [0.3, 0.4) is 0 Å². The highest BCUT2D eigenvalue weighted by Crippen LogP contribution is 2.36. The van der Waals surface area contributed by atoms with Crippen molar-refractivity contribution in [2.75, 3.05) is 6.54 Å². The van der Waals surface area contributed by atoms with Crippen LogP contribution in [0.15, 0.2) is 24.5 Å². The summed E-state index contributed by atoms with van der Waals surface area (Å²) >= 11 is 0. The molecule has 0 bridgehead atoms. The lowest BCUT2D eigenvalue weighted by molar-refractivity contribution is 0.0166. The fraction of sp³-hybridized carbons (Fsp3) is 0.700. The van der Waals surface area contributed by atoms with Crippen molar-refractivity contribution in [1.29, 1.82) is 0 Å². The Kier molecular flexibility index (Phi) is 5.62. The van der Waals surface area contributed by atoms with Gasteiger partial charge >= 0.3 is 6.09 Å². The molecule has 3 unspecified atom stereocenters. The van der Waals surface area contributed by atoms with Gasteiger partial charge in [-0.25, -0.2) is 4.79 Å². The maximum Gasteiger partial charge on any atom is 0.410 e. The largest absolute Gasteiger partial charge is 0.444 e. The fourth-order valence-electron chi connectivity index (χ4n) is 4.24. The number of likely N-dealkylation sites (tertiary alicyclic amines) is 1. The van der Waals surface area contributed by atoms with Gasteiger partial charge in [-0.15, -0.1) is 0 Å². The summed E-state index contributed by atoms with van der Waals surface area (Å²) in [6.07, 6.45) is 9.35. The average Bonchev–Trinajstić information content (AvgIpc) is 3.21. The zero-order valence-electron chi connectivity index (χ0n) is 15.7. The standard InChI is InChI=1S/C20H31N3O2/c1-20(2,3)25-19(24)23-12-6-10-18(23)16-8-4-9-17(16)22-14-15-7-5-11-21-13-15/h5,7,11,13,16-18,22H,4,6,8-10,12,14H2,1-3H3. The number of carbonyl (C=O) groups excluding carboxylic acids is 1. The molecule has 3 rings (SSSR count). The number of nitrogens with one attached hydrogen (secondary N) is 1. The Morgan fingerprint density at radius 1 is 1.32 bits per heavy atom. The summed E-state index contributed by atoms with van der Waals surface area (Å²) in [6.45, 7) is 7.47. The molecule has 1 amide bonds. The molecule has 1 aliphatic carbocycles. The Balaban J connectivity index is 1.61. The number of nitrogens with zero attached hydrogens (tertiary/aromatic N) is 2. The highest BCUT2D eigenvalue weighted by molar-refractivity contribution is 5.69. The minimum Gasteiger partial charge on any atom is -0.444 e. The quantitative estimate of drug-likeness (QED) is 0.903. The van der Waals surface area contributed by atoms with Crippen LogP contribution in [-0.4, -0.2) is 40.2 Å². The van der Waals surface area contributed by atoms with E-state index in [2.05, 4.69) is 16.4 Å². The minimum atomic E-state index is -0.433. The molecule has 1 saturated heterocycles. The molecular weight excluding hydrogens is 314 g/mol. The molecule has 138 valence electrons. The van der Waals surface area contributed by atoms with Gasteiger partial charge in [0.05, 0.1) is 0 Å². The summed E-state index contributed by atoms with van der Waals surface area (Å²) in [5.41, 5.74) is 0.779. The Bertz CT molecular complexity index is 570. The van der Waals surface area contributed by atoms with Crippen LogP contribution in [0.25, 0.3) is 0 Å². The van der Waals surface area contributed by atoms with Crippen molar-refractivity contribution < 1.29 is 9.53 Å². The summed E-state index contributed by atoms with van der Waals surface area (Å²) in [6, 6.07) is 4.86. The second-order valence-corrected chi connectivity index (χ2v) is 8.33. The zero-order valence-corrected chi connectivity index (χ0v) is 15.7. The van der Waals surface area contributed by atoms with Gasteiger partial charge in [-0.2, -0.15) is 0 Å². The Morgan fingerprint density at radius 2 is 2.16 bits per heavy atom. The van der Waals surface area contributed by atoms with Crippen molar-refractivity contribution in [3.05, 3.63) is 30.1 Å². The molecule has 5 nitrogen and oxygen atoms in total. The van der Waals surface area contributed by atoms with Gasteiger partial charge in [0.25, 0.3) is 0 Å². The van der Waals surface area contributed by atoms with E-state index in [0.29, 0.717) is 18.0 Å². The lowest BCUT2D eigenvalue weighted by Crippen LogP contribution is -2.47. The monoisotopic (exact) mass is 345 g/mol. The van der Waals surface area contributed by atoms with Gasteiger partial charge in [-0.05, 0) is 64.0 Å². The number of pyridine rings is 1. The van der Waals surface area contributed by atoms with Crippen molar-refractivity contribution in [2.24, 2.45) is 5.92 Å². The summed E-state index contributed by atoms with van der Waals surface area (Å²) < 4.78 is 5.63. The second kappa shape index (κ2) is 7.73. The number of ether oxygens (including phenoxy) is 1. The maximum absolute atomic E-state index is 12.6. The lowest BCUT2D eigenvalue weighted by atomic mass is 9.92. The molecule has 2 fully saturated rings. The van der Waals surface area contributed by atoms with Crippen LogP contribution in [0.2, 0.25) is 0 Å². The number of carbonyl (C=O) groups is 1. The number of amides is 1. The molecule has 5 heteroatoms. The zero-order chi connectivity index (χ0) is 17.9. The normalized spacial score (nSPS) is 26.8. The van der Waals surface area contributed by atoms with Crippen LogP contribution >= 0.6 is 0 Å². The topological polar surface area (TPSA) is 54.5 Å². The molecule has 1 aliphatic heterocycles. The molecular formula is C20H31N3O2. The highest BCUT2D eigenvalue weighted by Gasteiger charge is 2.41. The van der Waals surface area contributed by atoms with Crippen molar-refractivity contribution in [1.82, 2.24) is 15.2 Å². The predicted molar refractivity (Wildman–Crippen MR) is 98.2 cm³/mol. The molecule has 0 spiro atoms. The van der Waals surface area contributed by atoms with E-state index in [0.717, 1.165) is 25.9 Å². The summed E-state index contributed by atoms with van der Waals surface area (Å²) in [4.78, 5) is 18.8. The number of hydrogen-bond acceptors (Lipinski definition) is 4. The van der Waals surface area contributed by atoms with Crippen molar-refractivity contribution in [3.63, 3.8) is 0 Å². The maximum atomic E-state index is 12.6. The molecule has 1 N–H and O–H groups in total. The van der Waals surface area contributed by atoms with Crippen LogP contribution in [0, 0.1) is 5.92 Å². The highest BCUT2D eigenvalue weighted by atomic mass is 16.6. The van der Waals surface area contributed by atoms with E-state index in [4.69, 9.17) is 4.74 Å². The van der Waals surface area contributed by atoms with E-state index >= 15 is 0 Å². The van der Waals surface area contributed by atoms with Crippen LogP contribution in [0.1, 0.15) is 58.4 Å². The third-order valence-electron chi connectivity index (χ3n) is 5.28. The van der Waals surface area contributed by atoms with Gasteiger partial charge < -0.3 is 15.0 Å². The minimum absolute atomic E-state index is 0.145. The smallest absolute Gasteiger partial charge is 0.410 e. The molecule has 1 aromatic rings.